The van der Waals surface area contributed by atoms with Crippen LogP contribution in [-0.2, 0) is 9.53 Å². The highest BCUT2D eigenvalue weighted by molar-refractivity contribution is 6.31. The molecule has 0 bridgehead atoms. The summed E-state index contributed by atoms with van der Waals surface area (Å²) in [6.07, 6.45) is 1.67. The van der Waals surface area contributed by atoms with Crippen molar-refractivity contribution in [2.24, 2.45) is 10.9 Å². The minimum absolute atomic E-state index is 0.310. The van der Waals surface area contributed by atoms with Crippen molar-refractivity contribution in [2.75, 3.05) is 6.61 Å². The lowest BCUT2D eigenvalue weighted by Crippen LogP contribution is -2.37. The van der Waals surface area contributed by atoms with Crippen LogP contribution in [0.15, 0.2) is 41.5 Å². The van der Waals surface area contributed by atoms with Crippen LogP contribution in [0.2, 0.25) is 5.02 Å². The van der Waals surface area contributed by atoms with E-state index in [4.69, 9.17) is 16.3 Å². The number of carbonyl (C=O) groups excluding carboxylic acids is 1. The number of ether oxygens (including phenoxy) is 1. The molecular formula is C16H16ClN3O2. The number of esters is 1. The molecule has 0 amide bonds. The quantitative estimate of drug-likeness (QED) is 0.815. The molecule has 22 heavy (non-hydrogen) atoms. The Balaban J connectivity index is 2.15. The maximum Gasteiger partial charge on any atom is 0.317 e. The number of aliphatic imine (C=N–C) groups is 1. The number of nitrogens with zero attached hydrogens (tertiary/aromatic N) is 3. The molecular weight excluding hydrogens is 302 g/mol. The maximum absolute atomic E-state index is 12.4. The van der Waals surface area contributed by atoms with Crippen LogP contribution < -0.4 is 0 Å². The average Bonchev–Trinajstić information content (AvgIpc) is 2.94. The van der Waals surface area contributed by atoms with Crippen LogP contribution in [-0.4, -0.2) is 28.1 Å². The van der Waals surface area contributed by atoms with E-state index in [9.17, 15) is 4.79 Å². The van der Waals surface area contributed by atoms with Crippen LogP contribution in [0.25, 0.3) is 0 Å². The van der Waals surface area contributed by atoms with Crippen molar-refractivity contribution in [3.05, 3.63) is 47.1 Å². The molecule has 0 saturated carbocycles. The van der Waals surface area contributed by atoms with Gasteiger partial charge in [0.1, 0.15) is 5.92 Å². The average molecular weight is 318 g/mol. The number of rotatable bonds is 3. The lowest BCUT2D eigenvalue weighted by molar-refractivity contribution is -0.146. The summed E-state index contributed by atoms with van der Waals surface area (Å²) in [6.45, 7) is 3.95. The topological polar surface area (TPSA) is 56.5 Å². The van der Waals surface area contributed by atoms with E-state index in [1.165, 1.54) is 0 Å². The highest BCUT2D eigenvalue weighted by Crippen LogP contribution is 2.39. The number of halogens is 1. The van der Waals surface area contributed by atoms with Crippen molar-refractivity contribution >= 4 is 29.1 Å². The predicted molar refractivity (Wildman–Crippen MR) is 84.7 cm³/mol. The van der Waals surface area contributed by atoms with Crippen LogP contribution in [0.5, 0.6) is 0 Å². The van der Waals surface area contributed by atoms with Crippen molar-refractivity contribution in [3.63, 3.8) is 0 Å². The lowest BCUT2D eigenvalue weighted by atomic mass is 9.88. The summed E-state index contributed by atoms with van der Waals surface area (Å²) in [6, 6.07) is 8.93. The normalized spacial score (nSPS) is 20.2. The Morgan fingerprint density at radius 1 is 1.36 bits per heavy atom. The Labute approximate surface area is 133 Å². The summed E-state index contributed by atoms with van der Waals surface area (Å²) in [7, 11) is 0. The molecule has 3 rings (SSSR count). The number of aromatic nitrogens is 2. The first-order valence-corrected chi connectivity index (χ1v) is 7.51. The Hall–Kier alpha value is -2.14. The highest BCUT2D eigenvalue weighted by Gasteiger charge is 2.39. The minimum Gasteiger partial charge on any atom is -0.465 e. The second-order valence-corrected chi connectivity index (χ2v) is 5.49. The van der Waals surface area contributed by atoms with Gasteiger partial charge in [0.25, 0.3) is 0 Å². The molecule has 5 nitrogen and oxygen atoms in total. The Morgan fingerprint density at radius 2 is 2.14 bits per heavy atom. The summed E-state index contributed by atoms with van der Waals surface area (Å²) in [4.78, 5) is 16.9. The Kier molecular flexibility index (Phi) is 3.98. The van der Waals surface area contributed by atoms with Gasteiger partial charge in [0, 0.05) is 16.8 Å². The molecule has 1 aliphatic heterocycles. The van der Waals surface area contributed by atoms with Gasteiger partial charge in [0.05, 0.1) is 18.8 Å². The smallest absolute Gasteiger partial charge is 0.317 e. The minimum atomic E-state index is -0.535. The second-order valence-electron chi connectivity index (χ2n) is 5.08. The van der Waals surface area contributed by atoms with E-state index in [0.29, 0.717) is 23.2 Å². The van der Waals surface area contributed by atoms with E-state index in [-0.39, 0.29) is 12.0 Å². The number of fused-ring (bicyclic) bond motifs is 1. The zero-order chi connectivity index (χ0) is 15.7. The number of carbonyl (C=O) groups is 1. The van der Waals surface area contributed by atoms with Gasteiger partial charge in [-0.2, -0.15) is 5.10 Å². The van der Waals surface area contributed by atoms with Crippen molar-refractivity contribution in [1.82, 2.24) is 9.78 Å². The maximum atomic E-state index is 12.4. The fourth-order valence-corrected chi connectivity index (χ4v) is 3.04. The summed E-state index contributed by atoms with van der Waals surface area (Å²) >= 11 is 6.35. The molecule has 1 aromatic heterocycles. The van der Waals surface area contributed by atoms with Crippen LogP contribution in [0, 0.1) is 5.92 Å². The molecule has 1 aliphatic rings. The predicted octanol–water partition coefficient (Wildman–Crippen LogP) is 3.41. The first-order chi connectivity index (χ1) is 10.6. The third-order valence-corrected chi connectivity index (χ3v) is 4.08. The van der Waals surface area contributed by atoms with Gasteiger partial charge in [-0.3, -0.25) is 4.79 Å². The summed E-state index contributed by atoms with van der Waals surface area (Å²) in [5.74, 6) is -0.134. The number of hydrogen-bond acceptors (Lipinski definition) is 4. The highest BCUT2D eigenvalue weighted by atomic mass is 35.5. The van der Waals surface area contributed by atoms with Gasteiger partial charge in [-0.1, -0.05) is 29.8 Å². The third kappa shape index (κ3) is 2.41. The molecule has 2 atom stereocenters. The van der Waals surface area contributed by atoms with E-state index in [1.54, 1.807) is 17.8 Å². The zero-order valence-corrected chi connectivity index (χ0v) is 13.1. The van der Waals surface area contributed by atoms with Crippen LogP contribution in [0.3, 0.4) is 0 Å². The van der Waals surface area contributed by atoms with E-state index < -0.39 is 5.92 Å². The first kappa shape index (κ1) is 14.8. The first-order valence-electron chi connectivity index (χ1n) is 7.13. The van der Waals surface area contributed by atoms with Crippen LogP contribution >= 0.6 is 11.6 Å². The SMILES string of the molecule is CCOC(=O)C1C(C)=Nc2ccnn2C1c1ccccc1Cl. The fourth-order valence-electron chi connectivity index (χ4n) is 2.79. The summed E-state index contributed by atoms with van der Waals surface area (Å²) in [5.41, 5.74) is 1.54. The van der Waals surface area contributed by atoms with Gasteiger partial charge in [-0.25, -0.2) is 9.67 Å². The standard InChI is InChI=1S/C16H16ClN3O2/c1-3-22-16(21)14-10(2)19-13-8-9-18-20(13)15(14)11-6-4-5-7-12(11)17/h4-9,14-15H,3H2,1-2H3. The molecule has 0 spiro atoms. The number of hydrogen-bond donors (Lipinski definition) is 0. The molecule has 114 valence electrons. The summed E-state index contributed by atoms with van der Waals surface area (Å²) in [5, 5.41) is 4.92. The van der Waals surface area contributed by atoms with E-state index in [2.05, 4.69) is 10.1 Å². The molecule has 0 fully saturated rings. The largest absolute Gasteiger partial charge is 0.465 e. The van der Waals surface area contributed by atoms with E-state index in [1.807, 2.05) is 37.3 Å². The van der Waals surface area contributed by atoms with Crippen LogP contribution in [0.4, 0.5) is 5.82 Å². The molecule has 1 aromatic carbocycles. The summed E-state index contributed by atoms with van der Waals surface area (Å²) < 4.78 is 6.96. The molecule has 0 N–H and O–H groups in total. The van der Waals surface area contributed by atoms with Crippen molar-refractivity contribution < 1.29 is 9.53 Å². The third-order valence-electron chi connectivity index (χ3n) is 3.73. The fraction of sp³-hybridized carbons (Fsp3) is 0.312. The van der Waals surface area contributed by atoms with Crippen molar-refractivity contribution in [2.45, 2.75) is 19.9 Å². The molecule has 0 saturated heterocycles. The van der Waals surface area contributed by atoms with Gasteiger partial charge in [-0.15, -0.1) is 0 Å². The van der Waals surface area contributed by atoms with Gasteiger partial charge < -0.3 is 4.74 Å². The molecule has 2 heterocycles. The van der Waals surface area contributed by atoms with Crippen molar-refractivity contribution in [1.29, 1.82) is 0 Å². The van der Waals surface area contributed by atoms with Gasteiger partial charge >= 0.3 is 5.97 Å². The second kappa shape index (κ2) is 5.93. The molecule has 6 heteroatoms. The zero-order valence-electron chi connectivity index (χ0n) is 12.4. The molecule has 2 aromatic rings. The Morgan fingerprint density at radius 3 is 2.86 bits per heavy atom. The van der Waals surface area contributed by atoms with Crippen molar-refractivity contribution in [3.8, 4) is 0 Å². The van der Waals surface area contributed by atoms with Gasteiger partial charge in [0.2, 0.25) is 0 Å². The molecule has 0 radical (unpaired) electrons. The molecule has 2 unspecified atom stereocenters. The monoisotopic (exact) mass is 317 g/mol. The van der Waals surface area contributed by atoms with Gasteiger partial charge in [-0.05, 0) is 25.5 Å². The molecule has 0 aliphatic carbocycles. The van der Waals surface area contributed by atoms with E-state index >= 15 is 0 Å². The van der Waals surface area contributed by atoms with Gasteiger partial charge in [0.15, 0.2) is 5.82 Å². The number of benzene rings is 1. The van der Waals surface area contributed by atoms with Crippen LogP contribution in [0.1, 0.15) is 25.5 Å². The lowest BCUT2D eigenvalue weighted by Gasteiger charge is -2.30. The Bertz CT molecular complexity index is 738. The van der Waals surface area contributed by atoms with E-state index in [0.717, 1.165) is 5.56 Å².